The molecule has 0 heterocycles. The van der Waals surface area contributed by atoms with Crippen molar-refractivity contribution in [2.75, 3.05) is 11.5 Å². The van der Waals surface area contributed by atoms with Crippen LogP contribution in [0.25, 0.3) is 11.1 Å². The molecule has 8 heteroatoms. The molecule has 0 fully saturated rings. The maximum absolute atomic E-state index is 12.9. The number of aliphatic carboxylic acids is 1. The molecule has 0 saturated carbocycles. The summed E-state index contributed by atoms with van der Waals surface area (Å²) >= 11 is 7.20. The summed E-state index contributed by atoms with van der Waals surface area (Å²) in [5.74, 6) is -1.84. The van der Waals surface area contributed by atoms with Crippen molar-refractivity contribution in [1.29, 1.82) is 0 Å². The molecule has 1 atom stereocenters. The molecule has 0 spiro atoms. The molecule has 0 aliphatic carbocycles. The monoisotopic (exact) mass is 482 g/mol. The van der Waals surface area contributed by atoms with Crippen LogP contribution < -0.4 is 34.7 Å². The number of thioether (sulfide) groups is 1. The summed E-state index contributed by atoms with van der Waals surface area (Å²) in [6.07, 6.45) is 0. The average Bonchev–Trinajstić information content (AvgIpc) is 2.73. The molecule has 0 N–H and O–H groups in total. The number of benzene rings is 3. The van der Waals surface area contributed by atoms with Crippen LogP contribution >= 0.6 is 23.4 Å². The van der Waals surface area contributed by atoms with Crippen molar-refractivity contribution in [2.45, 2.75) is 16.7 Å². The molecule has 3 aromatic rings. The standard InChI is InChI=1S/C23H21ClO4S2.Na/c1-23(22(25)26,15-29-20-5-3-2-4-6-20)16-30(27,28)21-13-9-18(10-14-21)17-7-11-19(24)12-8-17;/h2-14H,15-16H2,1H3,(H,25,26);/q;+1/p-1/t23-;/m1./s1. The average molecular weight is 483 g/mol. The van der Waals surface area contributed by atoms with Gasteiger partial charge in [-0.25, -0.2) is 8.42 Å². The predicted octanol–water partition coefficient (Wildman–Crippen LogP) is 1.33. The minimum absolute atomic E-state index is 0. The van der Waals surface area contributed by atoms with Crippen LogP contribution in [-0.4, -0.2) is 25.9 Å². The van der Waals surface area contributed by atoms with Gasteiger partial charge in [-0.15, -0.1) is 11.8 Å². The Morgan fingerprint density at radius 3 is 1.97 bits per heavy atom. The van der Waals surface area contributed by atoms with Gasteiger partial charge in [0.2, 0.25) is 0 Å². The summed E-state index contributed by atoms with van der Waals surface area (Å²) in [6, 6.07) is 22.9. The Morgan fingerprint density at radius 2 is 1.45 bits per heavy atom. The molecule has 0 saturated heterocycles. The Labute approximate surface area is 214 Å². The first-order valence-electron chi connectivity index (χ1n) is 9.18. The molecule has 0 aliphatic heterocycles. The first-order chi connectivity index (χ1) is 14.2. The summed E-state index contributed by atoms with van der Waals surface area (Å²) in [5.41, 5.74) is 0.212. The van der Waals surface area contributed by atoms with Gasteiger partial charge < -0.3 is 9.90 Å². The number of carboxylic acid groups (broad SMARTS) is 1. The zero-order valence-electron chi connectivity index (χ0n) is 17.2. The second-order valence-electron chi connectivity index (χ2n) is 7.24. The number of halogens is 1. The van der Waals surface area contributed by atoms with Crippen molar-refractivity contribution in [3.63, 3.8) is 0 Å². The molecule has 31 heavy (non-hydrogen) atoms. The largest absolute Gasteiger partial charge is 1.00 e. The van der Waals surface area contributed by atoms with E-state index < -0.39 is 27.0 Å². The van der Waals surface area contributed by atoms with Crippen LogP contribution in [-0.2, 0) is 14.6 Å². The summed E-state index contributed by atoms with van der Waals surface area (Å²) in [6.45, 7) is 1.41. The quantitative estimate of drug-likeness (QED) is 0.358. The van der Waals surface area contributed by atoms with Crippen LogP contribution in [0.4, 0.5) is 0 Å². The Balaban J connectivity index is 0.00000341. The fraction of sp³-hybridized carbons (Fsp3) is 0.174. The molecule has 3 rings (SSSR count). The fourth-order valence-electron chi connectivity index (χ4n) is 2.92. The first kappa shape index (κ1) is 26.0. The van der Waals surface area contributed by atoms with Crippen molar-refractivity contribution in [2.24, 2.45) is 5.41 Å². The van der Waals surface area contributed by atoms with Gasteiger partial charge in [0.05, 0.1) is 10.6 Å². The van der Waals surface area contributed by atoms with E-state index in [9.17, 15) is 18.3 Å². The van der Waals surface area contributed by atoms with Gasteiger partial charge in [0.15, 0.2) is 9.84 Å². The Kier molecular flexibility index (Phi) is 9.25. The van der Waals surface area contributed by atoms with Gasteiger partial charge in [-0.1, -0.05) is 61.0 Å². The Morgan fingerprint density at radius 1 is 0.935 bits per heavy atom. The third kappa shape index (κ3) is 6.85. The van der Waals surface area contributed by atoms with E-state index in [1.165, 1.54) is 30.8 Å². The van der Waals surface area contributed by atoms with E-state index in [1.807, 2.05) is 42.5 Å². The minimum atomic E-state index is -3.83. The topological polar surface area (TPSA) is 74.3 Å². The second kappa shape index (κ2) is 11.0. The maximum atomic E-state index is 12.9. The van der Waals surface area contributed by atoms with Crippen molar-refractivity contribution in [1.82, 2.24) is 0 Å². The number of hydrogen-bond acceptors (Lipinski definition) is 5. The number of carbonyl (C=O) groups excluding carboxylic acids is 1. The van der Waals surface area contributed by atoms with Crippen LogP contribution in [0.5, 0.6) is 0 Å². The van der Waals surface area contributed by atoms with Crippen LogP contribution in [0.1, 0.15) is 6.92 Å². The van der Waals surface area contributed by atoms with E-state index in [-0.39, 0.29) is 40.2 Å². The van der Waals surface area contributed by atoms with Crippen molar-refractivity contribution < 1.29 is 47.9 Å². The number of carbonyl (C=O) groups is 1. The molecular weight excluding hydrogens is 463 g/mol. The van der Waals surface area contributed by atoms with Crippen LogP contribution in [0.2, 0.25) is 5.02 Å². The molecule has 3 aromatic carbocycles. The molecule has 0 bridgehead atoms. The van der Waals surface area contributed by atoms with E-state index in [2.05, 4.69) is 0 Å². The van der Waals surface area contributed by atoms with E-state index in [4.69, 9.17) is 11.6 Å². The van der Waals surface area contributed by atoms with Crippen molar-refractivity contribution in [3.05, 3.63) is 83.9 Å². The summed E-state index contributed by atoms with van der Waals surface area (Å²) in [5, 5.41) is 12.4. The van der Waals surface area contributed by atoms with E-state index >= 15 is 0 Å². The molecule has 0 aliphatic rings. The van der Waals surface area contributed by atoms with Gasteiger partial charge in [-0.3, -0.25) is 0 Å². The van der Waals surface area contributed by atoms with E-state index in [0.717, 1.165) is 16.0 Å². The number of rotatable bonds is 8. The molecule has 156 valence electrons. The van der Waals surface area contributed by atoms with E-state index in [1.54, 1.807) is 24.3 Å². The third-order valence-corrected chi connectivity index (χ3v) is 8.34. The minimum Gasteiger partial charge on any atom is -0.550 e. The normalized spacial score (nSPS) is 13.1. The van der Waals surface area contributed by atoms with Gasteiger partial charge in [0, 0.05) is 27.1 Å². The van der Waals surface area contributed by atoms with Crippen LogP contribution in [0.15, 0.2) is 88.7 Å². The van der Waals surface area contributed by atoms with Gasteiger partial charge in [0.25, 0.3) is 0 Å². The summed E-state index contributed by atoms with van der Waals surface area (Å²) in [4.78, 5) is 12.8. The third-order valence-electron chi connectivity index (χ3n) is 4.69. The molecule has 0 amide bonds. The van der Waals surface area contributed by atoms with Crippen LogP contribution in [0, 0.1) is 5.41 Å². The maximum Gasteiger partial charge on any atom is 1.00 e. The molecule has 0 unspecified atom stereocenters. The predicted molar refractivity (Wildman–Crippen MR) is 119 cm³/mol. The number of sulfone groups is 1. The first-order valence-corrected chi connectivity index (χ1v) is 12.2. The Bertz CT molecular complexity index is 1120. The SMILES string of the molecule is C[C@@](CSc1ccccc1)(CS(=O)(=O)c1ccc(-c2ccc(Cl)cc2)cc1)C(=O)[O-].[Na+]. The van der Waals surface area contributed by atoms with Gasteiger partial charge in [-0.05, 0) is 47.5 Å². The summed E-state index contributed by atoms with van der Waals surface area (Å²) in [7, 11) is -3.83. The zero-order chi connectivity index (χ0) is 21.8. The molecule has 0 radical (unpaired) electrons. The number of carboxylic acids is 1. The molecule has 4 nitrogen and oxygen atoms in total. The van der Waals surface area contributed by atoms with Crippen molar-refractivity contribution >= 4 is 39.2 Å². The van der Waals surface area contributed by atoms with E-state index in [0.29, 0.717) is 5.02 Å². The zero-order valence-corrected chi connectivity index (χ0v) is 21.6. The van der Waals surface area contributed by atoms with Gasteiger partial charge in [-0.2, -0.15) is 0 Å². The Hall–Kier alpha value is -1.28. The van der Waals surface area contributed by atoms with Crippen molar-refractivity contribution in [3.8, 4) is 11.1 Å². The molecular formula is C23H20ClNaO4S2. The smallest absolute Gasteiger partial charge is 0.550 e. The summed E-state index contributed by atoms with van der Waals surface area (Å²) < 4.78 is 25.9. The van der Waals surface area contributed by atoms with Gasteiger partial charge in [0.1, 0.15) is 0 Å². The fourth-order valence-corrected chi connectivity index (χ4v) is 6.00. The second-order valence-corrected chi connectivity index (χ2v) is 10.7. The van der Waals surface area contributed by atoms with Crippen LogP contribution in [0.3, 0.4) is 0 Å². The number of hydrogen-bond donors (Lipinski definition) is 0. The molecule has 0 aromatic heterocycles. The van der Waals surface area contributed by atoms with Gasteiger partial charge >= 0.3 is 29.6 Å².